The number of thioether (sulfide) groups is 1. The van der Waals surface area contributed by atoms with Gasteiger partial charge in [0.1, 0.15) is 5.82 Å². The molecule has 1 saturated heterocycles. The minimum atomic E-state index is -0.0404. The van der Waals surface area contributed by atoms with Crippen molar-refractivity contribution in [1.29, 1.82) is 0 Å². The highest BCUT2D eigenvalue weighted by Gasteiger charge is 2.26. The van der Waals surface area contributed by atoms with Crippen LogP contribution in [0.4, 0.5) is 0 Å². The van der Waals surface area contributed by atoms with Crippen LogP contribution in [0.25, 0.3) is 0 Å². The van der Waals surface area contributed by atoms with E-state index in [-0.39, 0.29) is 11.8 Å². The second kappa shape index (κ2) is 13.6. The Morgan fingerprint density at radius 2 is 2.00 bits per heavy atom. The molecule has 2 rings (SSSR count). The zero-order valence-electron chi connectivity index (χ0n) is 17.6. The zero-order chi connectivity index (χ0) is 20.9. The Kier molecular flexibility index (Phi) is 11.1. The van der Waals surface area contributed by atoms with E-state index in [9.17, 15) is 9.59 Å². The summed E-state index contributed by atoms with van der Waals surface area (Å²) in [4.78, 5) is 29.7. The maximum atomic E-state index is 12.4. The van der Waals surface area contributed by atoms with Gasteiger partial charge in [-0.2, -0.15) is 0 Å². The summed E-state index contributed by atoms with van der Waals surface area (Å²) < 4.78 is 13.1. The summed E-state index contributed by atoms with van der Waals surface area (Å²) >= 11 is 1.58. The number of piperidine rings is 1. The topological polar surface area (TPSA) is 85.7 Å². The highest BCUT2D eigenvalue weighted by atomic mass is 32.2. The average molecular weight is 427 g/mol. The van der Waals surface area contributed by atoms with Crippen molar-refractivity contribution in [3.63, 3.8) is 0 Å². The lowest BCUT2D eigenvalue weighted by atomic mass is 9.95. The average Bonchev–Trinajstić information content (AvgIpc) is 3.18. The molecule has 1 N–H and O–H groups in total. The van der Waals surface area contributed by atoms with E-state index in [0.29, 0.717) is 44.6 Å². The highest BCUT2D eigenvalue weighted by Crippen LogP contribution is 2.27. The zero-order valence-corrected chi connectivity index (χ0v) is 18.4. The summed E-state index contributed by atoms with van der Waals surface area (Å²) in [6.07, 6.45) is 6.24. The SMILES string of the molecule is CCOCCOCCn1ccnc1C1CCN(C(=O)CCSCNC(C)=O)CC1. The van der Waals surface area contributed by atoms with Gasteiger partial charge in [-0.25, -0.2) is 4.98 Å². The molecule has 9 heteroatoms. The lowest BCUT2D eigenvalue weighted by molar-refractivity contribution is -0.131. The molecule has 2 heterocycles. The van der Waals surface area contributed by atoms with Crippen LogP contribution in [0.2, 0.25) is 0 Å². The quantitative estimate of drug-likeness (QED) is 0.383. The smallest absolute Gasteiger partial charge is 0.223 e. The molecular formula is C20H34N4O4S. The van der Waals surface area contributed by atoms with Crippen molar-refractivity contribution >= 4 is 23.6 Å². The molecule has 8 nitrogen and oxygen atoms in total. The third-order valence-corrected chi connectivity index (χ3v) is 5.74. The molecule has 0 radical (unpaired) electrons. The molecule has 0 aliphatic carbocycles. The first kappa shape index (κ1) is 23.7. The van der Waals surface area contributed by atoms with Gasteiger partial charge in [0, 0.05) is 63.7 Å². The Balaban J connectivity index is 1.66. The predicted molar refractivity (Wildman–Crippen MR) is 114 cm³/mol. The van der Waals surface area contributed by atoms with Crippen molar-refractivity contribution in [3.05, 3.63) is 18.2 Å². The van der Waals surface area contributed by atoms with Gasteiger partial charge in [-0.05, 0) is 19.8 Å². The number of aromatic nitrogens is 2. The molecule has 1 aliphatic heterocycles. The Hall–Kier alpha value is -1.58. The fraction of sp³-hybridized carbons (Fsp3) is 0.750. The normalized spacial score (nSPS) is 14.9. The summed E-state index contributed by atoms with van der Waals surface area (Å²) in [5.41, 5.74) is 0. The number of nitrogens with one attached hydrogen (secondary N) is 1. The van der Waals surface area contributed by atoms with Crippen molar-refractivity contribution in [2.75, 3.05) is 51.1 Å². The predicted octanol–water partition coefficient (Wildman–Crippen LogP) is 1.86. The molecule has 0 aromatic carbocycles. The summed E-state index contributed by atoms with van der Waals surface area (Å²) in [5.74, 6) is 2.92. The Morgan fingerprint density at radius 3 is 2.72 bits per heavy atom. The number of carbonyl (C=O) groups is 2. The second-order valence-electron chi connectivity index (χ2n) is 6.98. The molecule has 164 valence electrons. The van der Waals surface area contributed by atoms with Gasteiger partial charge in [-0.15, -0.1) is 11.8 Å². The van der Waals surface area contributed by atoms with Gasteiger partial charge in [0.05, 0.1) is 25.7 Å². The molecule has 0 bridgehead atoms. The monoisotopic (exact) mass is 426 g/mol. The molecule has 1 aromatic heterocycles. The third kappa shape index (κ3) is 8.76. The first-order valence-electron chi connectivity index (χ1n) is 10.4. The number of amides is 2. The largest absolute Gasteiger partial charge is 0.379 e. The standard InChI is InChI=1S/C20H34N4O4S/c1-3-27-13-14-28-12-11-24-10-7-21-20(24)18-4-8-23(9-5-18)19(26)6-15-29-16-22-17(2)25/h7,10,18H,3-6,8-9,11-16H2,1-2H3,(H,22,25). The van der Waals surface area contributed by atoms with Crippen LogP contribution in [0, 0.1) is 0 Å². The molecule has 29 heavy (non-hydrogen) atoms. The first-order valence-corrected chi connectivity index (χ1v) is 11.5. The summed E-state index contributed by atoms with van der Waals surface area (Å²) in [6.45, 7) is 8.41. The van der Waals surface area contributed by atoms with Gasteiger partial charge in [0.15, 0.2) is 0 Å². The minimum Gasteiger partial charge on any atom is -0.379 e. The number of likely N-dealkylation sites (tertiary alicyclic amines) is 1. The first-order chi connectivity index (χ1) is 14.1. The number of imidazole rings is 1. The number of ether oxygens (including phenoxy) is 2. The van der Waals surface area contributed by atoms with Gasteiger partial charge in [0.25, 0.3) is 0 Å². The maximum Gasteiger partial charge on any atom is 0.223 e. The Morgan fingerprint density at radius 1 is 1.24 bits per heavy atom. The number of hydrogen-bond acceptors (Lipinski definition) is 6. The van der Waals surface area contributed by atoms with Gasteiger partial charge < -0.3 is 24.3 Å². The van der Waals surface area contributed by atoms with E-state index >= 15 is 0 Å². The lowest BCUT2D eigenvalue weighted by Crippen LogP contribution is -2.38. The van der Waals surface area contributed by atoms with E-state index in [1.54, 1.807) is 11.8 Å². The minimum absolute atomic E-state index is 0.0404. The third-order valence-electron chi connectivity index (χ3n) is 4.90. The van der Waals surface area contributed by atoms with Crippen molar-refractivity contribution in [2.45, 2.75) is 45.6 Å². The van der Waals surface area contributed by atoms with Crippen LogP contribution in [0.5, 0.6) is 0 Å². The van der Waals surface area contributed by atoms with Crippen LogP contribution in [-0.2, 0) is 25.6 Å². The van der Waals surface area contributed by atoms with E-state index in [1.807, 2.05) is 24.2 Å². The Labute approximate surface area is 177 Å². The van der Waals surface area contributed by atoms with Gasteiger partial charge in [0.2, 0.25) is 11.8 Å². The van der Waals surface area contributed by atoms with Crippen molar-refractivity contribution in [1.82, 2.24) is 19.8 Å². The number of nitrogens with zero attached hydrogens (tertiary/aromatic N) is 3. The summed E-state index contributed by atoms with van der Waals surface area (Å²) in [5, 5.41) is 2.73. The molecule has 0 spiro atoms. The molecular weight excluding hydrogens is 392 g/mol. The molecule has 1 fully saturated rings. The molecule has 0 saturated carbocycles. The maximum absolute atomic E-state index is 12.4. The fourth-order valence-corrected chi connectivity index (χ4v) is 4.09. The molecule has 0 atom stereocenters. The summed E-state index contributed by atoms with van der Waals surface area (Å²) in [6, 6.07) is 0. The van der Waals surface area contributed by atoms with E-state index in [4.69, 9.17) is 9.47 Å². The van der Waals surface area contributed by atoms with E-state index in [1.165, 1.54) is 6.92 Å². The lowest BCUT2D eigenvalue weighted by Gasteiger charge is -2.32. The van der Waals surface area contributed by atoms with Gasteiger partial charge in [-0.3, -0.25) is 9.59 Å². The highest BCUT2D eigenvalue weighted by molar-refractivity contribution is 7.99. The molecule has 0 unspecified atom stereocenters. The molecule has 1 aromatic rings. The van der Waals surface area contributed by atoms with Crippen molar-refractivity contribution < 1.29 is 19.1 Å². The Bertz CT molecular complexity index is 617. The van der Waals surface area contributed by atoms with Crippen LogP contribution in [0.3, 0.4) is 0 Å². The number of carbonyl (C=O) groups excluding carboxylic acids is 2. The van der Waals surface area contributed by atoms with Crippen LogP contribution < -0.4 is 5.32 Å². The second-order valence-corrected chi connectivity index (χ2v) is 8.08. The fourth-order valence-electron chi connectivity index (χ4n) is 3.33. The summed E-state index contributed by atoms with van der Waals surface area (Å²) in [7, 11) is 0. The van der Waals surface area contributed by atoms with Crippen molar-refractivity contribution in [2.24, 2.45) is 0 Å². The number of rotatable bonds is 13. The molecule has 1 aliphatic rings. The van der Waals surface area contributed by atoms with E-state index in [0.717, 1.165) is 44.1 Å². The van der Waals surface area contributed by atoms with E-state index < -0.39 is 0 Å². The van der Waals surface area contributed by atoms with Gasteiger partial charge in [-0.1, -0.05) is 0 Å². The van der Waals surface area contributed by atoms with Crippen molar-refractivity contribution in [3.8, 4) is 0 Å². The van der Waals surface area contributed by atoms with Crippen LogP contribution in [0.1, 0.15) is 44.9 Å². The van der Waals surface area contributed by atoms with E-state index in [2.05, 4.69) is 14.9 Å². The van der Waals surface area contributed by atoms with Crippen LogP contribution >= 0.6 is 11.8 Å². The molecule has 2 amide bonds. The van der Waals surface area contributed by atoms with Crippen LogP contribution in [-0.4, -0.2) is 77.4 Å². The van der Waals surface area contributed by atoms with Gasteiger partial charge >= 0.3 is 0 Å². The van der Waals surface area contributed by atoms with Crippen LogP contribution in [0.15, 0.2) is 12.4 Å². The number of hydrogen-bond donors (Lipinski definition) is 1.